The van der Waals surface area contributed by atoms with Crippen LogP contribution < -0.4 is 21.7 Å². The summed E-state index contributed by atoms with van der Waals surface area (Å²) in [6.45, 7) is 6.26. The van der Waals surface area contributed by atoms with Gasteiger partial charge in [-0.25, -0.2) is 9.59 Å². The number of ether oxygens (including phenoxy) is 1. The minimum Gasteiger partial charge on any atom is -0.444 e. The molecular weight excluding hydrogens is 284 g/mol. The number of nitrogens with two attached hydrogens (primary N) is 1. The van der Waals surface area contributed by atoms with Crippen LogP contribution in [-0.2, 0) is 4.74 Å². The number of nitrogen functional groups attached to an aromatic ring is 1. The molecule has 1 rings (SSSR count). The molecule has 0 aliphatic rings. The average Bonchev–Trinajstić information content (AvgIpc) is 2.36. The van der Waals surface area contributed by atoms with E-state index >= 15 is 0 Å². The van der Waals surface area contributed by atoms with Crippen LogP contribution in [0.25, 0.3) is 0 Å². The lowest BCUT2D eigenvalue weighted by Crippen LogP contribution is -2.35. The molecule has 5 N–H and O–H groups in total. The minimum absolute atomic E-state index is 0.317. The van der Waals surface area contributed by atoms with E-state index in [-0.39, 0.29) is 6.03 Å². The normalized spacial score (nSPS) is 10.7. The van der Waals surface area contributed by atoms with E-state index in [4.69, 9.17) is 10.5 Å². The van der Waals surface area contributed by atoms with Crippen molar-refractivity contribution in [2.45, 2.75) is 32.8 Å². The zero-order chi connectivity index (χ0) is 16.6. The summed E-state index contributed by atoms with van der Waals surface area (Å²) in [5.41, 5.74) is 6.32. The first-order valence-corrected chi connectivity index (χ1v) is 7.13. The van der Waals surface area contributed by atoms with Crippen LogP contribution in [0.5, 0.6) is 0 Å². The Morgan fingerprint density at radius 3 is 2.50 bits per heavy atom. The fraction of sp³-hybridized carbons (Fsp3) is 0.467. The number of nitrogens with one attached hydrogen (secondary N) is 3. The number of hydrogen-bond donors (Lipinski definition) is 4. The van der Waals surface area contributed by atoms with Gasteiger partial charge in [-0.15, -0.1) is 0 Å². The highest BCUT2D eigenvalue weighted by Gasteiger charge is 2.15. The molecule has 7 heteroatoms. The Kier molecular flexibility index (Phi) is 6.49. The van der Waals surface area contributed by atoms with Gasteiger partial charge in [0.05, 0.1) is 0 Å². The Labute approximate surface area is 130 Å². The van der Waals surface area contributed by atoms with Crippen molar-refractivity contribution in [2.24, 2.45) is 0 Å². The molecule has 22 heavy (non-hydrogen) atoms. The highest BCUT2D eigenvalue weighted by atomic mass is 16.6. The summed E-state index contributed by atoms with van der Waals surface area (Å²) >= 11 is 0. The zero-order valence-electron chi connectivity index (χ0n) is 13.2. The average molecular weight is 308 g/mol. The van der Waals surface area contributed by atoms with Gasteiger partial charge in [0.25, 0.3) is 0 Å². The predicted octanol–water partition coefficient (Wildman–Crippen LogP) is 2.31. The lowest BCUT2D eigenvalue weighted by Gasteiger charge is -2.19. The van der Waals surface area contributed by atoms with Crippen LogP contribution >= 0.6 is 0 Å². The molecule has 122 valence electrons. The highest BCUT2D eigenvalue weighted by Crippen LogP contribution is 2.11. The Morgan fingerprint density at radius 1 is 1.18 bits per heavy atom. The van der Waals surface area contributed by atoms with E-state index in [0.29, 0.717) is 30.9 Å². The maximum absolute atomic E-state index is 11.6. The molecule has 0 saturated carbocycles. The molecule has 1 aromatic carbocycles. The number of anilines is 2. The minimum atomic E-state index is -0.514. The predicted molar refractivity (Wildman–Crippen MR) is 86.7 cm³/mol. The van der Waals surface area contributed by atoms with Gasteiger partial charge >= 0.3 is 12.1 Å². The molecule has 0 aliphatic carbocycles. The third kappa shape index (κ3) is 7.98. The summed E-state index contributed by atoms with van der Waals surface area (Å²) in [4.78, 5) is 23.0. The van der Waals surface area contributed by atoms with E-state index in [1.165, 1.54) is 0 Å². The second-order valence-electron chi connectivity index (χ2n) is 5.79. The Balaban J connectivity index is 2.14. The van der Waals surface area contributed by atoms with Crippen molar-refractivity contribution < 1.29 is 14.3 Å². The second-order valence-corrected chi connectivity index (χ2v) is 5.79. The van der Waals surface area contributed by atoms with Crippen LogP contribution in [0.3, 0.4) is 0 Å². The van der Waals surface area contributed by atoms with Crippen molar-refractivity contribution in [3.05, 3.63) is 24.3 Å². The Bertz CT molecular complexity index is 512. The monoisotopic (exact) mass is 308 g/mol. The molecule has 0 aliphatic heterocycles. The van der Waals surface area contributed by atoms with Crippen molar-refractivity contribution in [1.82, 2.24) is 10.6 Å². The van der Waals surface area contributed by atoms with E-state index in [1.54, 1.807) is 45.0 Å². The van der Waals surface area contributed by atoms with Crippen molar-refractivity contribution in [3.8, 4) is 0 Å². The molecule has 0 aromatic heterocycles. The summed E-state index contributed by atoms with van der Waals surface area (Å²) in [5.74, 6) is 0. The van der Waals surface area contributed by atoms with Gasteiger partial charge in [-0.3, -0.25) is 0 Å². The van der Waals surface area contributed by atoms with Gasteiger partial charge in [-0.2, -0.15) is 0 Å². The van der Waals surface area contributed by atoms with E-state index in [9.17, 15) is 9.59 Å². The number of hydrogen-bond acceptors (Lipinski definition) is 4. The molecule has 0 spiro atoms. The molecule has 0 radical (unpaired) electrons. The topological polar surface area (TPSA) is 105 Å². The van der Waals surface area contributed by atoms with Gasteiger partial charge in [0.1, 0.15) is 5.60 Å². The first-order chi connectivity index (χ1) is 10.3. The van der Waals surface area contributed by atoms with E-state index in [2.05, 4.69) is 16.0 Å². The smallest absolute Gasteiger partial charge is 0.407 e. The third-order valence-electron chi connectivity index (χ3n) is 2.45. The molecule has 0 fully saturated rings. The van der Waals surface area contributed by atoms with Gasteiger partial charge in [-0.05, 0) is 45.4 Å². The van der Waals surface area contributed by atoms with E-state index in [0.717, 1.165) is 0 Å². The number of amides is 3. The molecule has 1 aromatic rings. The van der Waals surface area contributed by atoms with Crippen LogP contribution in [-0.4, -0.2) is 30.8 Å². The number of alkyl carbamates (subject to hydrolysis) is 1. The molecule has 0 unspecified atom stereocenters. The fourth-order valence-electron chi connectivity index (χ4n) is 1.59. The lowest BCUT2D eigenvalue weighted by molar-refractivity contribution is 0.0527. The van der Waals surface area contributed by atoms with E-state index in [1.807, 2.05) is 0 Å². The van der Waals surface area contributed by atoms with Gasteiger partial charge < -0.3 is 26.4 Å². The van der Waals surface area contributed by atoms with Gasteiger partial charge in [0.15, 0.2) is 0 Å². The molecule has 7 nitrogen and oxygen atoms in total. The SMILES string of the molecule is CC(C)(C)OC(=O)NCCCNC(=O)Nc1cccc(N)c1. The lowest BCUT2D eigenvalue weighted by atomic mass is 10.2. The molecule has 0 bridgehead atoms. The first kappa shape index (κ1) is 17.6. The van der Waals surface area contributed by atoms with Gasteiger partial charge in [0.2, 0.25) is 0 Å². The Hall–Kier alpha value is -2.44. The molecule has 3 amide bonds. The summed E-state index contributed by atoms with van der Waals surface area (Å²) in [7, 11) is 0. The number of carbonyl (C=O) groups is 2. The van der Waals surface area contributed by atoms with Gasteiger partial charge in [-0.1, -0.05) is 6.07 Å². The van der Waals surface area contributed by atoms with Crippen molar-refractivity contribution in [3.63, 3.8) is 0 Å². The van der Waals surface area contributed by atoms with Crippen LogP contribution in [0.15, 0.2) is 24.3 Å². The quantitative estimate of drug-likeness (QED) is 0.494. The number of benzene rings is 1. The highest BCUT2D eigenvalue weighted by molar-refractivity contribution is 5.89. The summed E-state index contributed by atoms with van der Waals surface area (Å²) < 4.78 is 5.09. The maximum atomic E-state index is 11.6. The summed E-state index contributed by atoms with van der Waals surface area (Å²) in [5, 5.41) is 7.98. The second kappa shape index (κ2) is 8.11. The largest absolute Gasteiger partial charge is 0.444 e. The maximum Gasteiger partial charge on any atom is 0.407 e. The van der Waals surface area contributed by atoms with Crippen LogP contribution in [0.1, 0.15) is 27.2 Å². The Morgan fingerprint density at radius 2 is 1.86 bits per heavy atom. The first-order valence-electron chi connectivity index (χ1n) is 7.13. The number of urea groups is 1. The summed E-state index contributed by atoms with van der Waals surface area (Å²) in [6.07, 6.45) is 0.139. The molecule has 0 atom stereocenters. The van der Waals surface area contributed by atoms with Crippen molar-refractivity contribution in [2.75, 3.05) is 24.1 Å². The third-order valence-corrected chi connectivity index (χ3v) is 2.45. The van der Waals surface area contributed by atoms with Crippen LogP contribution in [0.4, 0.5) is 21.0 Å². The van der Waals surface area contributed by atoms with Crippen molar-refractivity contribution in [1.29, 1.82) is 0 Å². The zero-order valence-corrected chi connectivity index (χ0v) is 13.2. The molecule has 0 heterocycles. The fourth-order valence-corrected chi connectivity index (χ4v) is 1.59. The summed E-state index contributed by atoms with van der Waals surface area (Å²) in [6, 6.07) is 6.60. The van der Waals surface area contributed by atoms with Gasteiger partial charge in [0, 0.05) is 24.5 Å². The molecule has 0 saturated heterocycles. The van der Waals surface area contributed by atoms with Crippen LogP contribution in [0, 0.1) is 0 Å². The number of carbonyl (C=O) groups excluding carboxylic acids is 2. The standard InChI is InChI=1S/C15H24N4O3/c1-15(2,3)22-14(21)18-9-5-8-17-13(20)19-12-7-4-6-11(16)10-12/h4,6-7,10H,5,8-9,16H2,1-3H3,(H,18,21)(H2,17,19,20). The van der Waals surface area contributed by atoms with Crippen molar-refractivity contribution >= 4 is 23.5 Å². The van der Waals surface area contributed by atoms with E-state index < -0.39 is 11.7 Å². The van der Waals surface area contributed by atoms with Crippen LogP contribution in [0.2, 0.25) is 0 Å². The number of rotatable bonds is 5. The molecular formula is C15H24N4O3.